The molecule has 0 N–H and O–H groups in total. The zero-order valence-corrected chi connectivity index (χ0v) is 13.7. The molecule has 4 nitrogen and oxygen atoms in total. The van der Waals surface area contributed by atoms with Crippen LogP contribution < -0.4 is 4.90 Å². The van der Waals surface area contributed by atoms with Crippen LogP contribution in [0.3, 0.4) is 0 Å². The van der Waals surface area contributed by atoms with E-state index in [1.165, 1.54) is 6.07 Å². The largest absolute Gasteiger partial charge is 0.381 e. The Morgan fingerprint density at radius 2 is 1.91 bits per heavy atom. The van der Waals surface area contributed by atoms with Gasteiger partial charge in [-0.15, -0.1) is 0 Å². The number of piperidine rings is 1. The maximum atomic E-state index is 13.9. The molecule has 0 bridgehead atoms. The third-order valence-electron chi connectivity index (χ3n) is 4.97. The third-order valence-corrected chi connectivity index (χ3v) is 4.97. The van der Waals surface area contributed by atoms with Gasteiger partial charge in [0, 0.05) is 19.8 Å². The van der Waals surface area contributed by atoms with Crippen LogP contribution >= 0.6 is 0 Å². The number of likely N-dealkylation sites (tertiary alicyclic amines) is 1. The lowest BCUT2D eigenvalue weighted by Crippen LogP contribution is -2.46. The van der Waals surface area contributed by atoms with Gasteiger partial charge in [-0.25, -0.2) is 4.39 Å². The van der Waals surface area contributed by atoms with Gasteiger partial charge in [0.15, 0.2) is 0 Å². The molecule has 0 spiro atoms. The molecule has 0 unspecified atom stereocenters. The fourth-order valence-electron chi connectivity index (χ4n) is 3.63. The maximum absolute atomic E-state index is 13.9. The van der Waals surface area contributed by atoms with Gasteiger partial charge >= 0.3 is 0 Å². The summed E-state index contributed by atoms with van der Waals surface area (Å²) in [5, 5.41) is 0. The smallest absolute Gasteiger partial charge is 0.244 e. The average Bonchev–Trinajstić information content (AvgIpc) is 2.95. The van der Waals surface area contributed by atoms with Crippen LogP contribution in [0.25, 0.3) is 0 Å². The van der Waals surface area contributed by atoms with E-state index in [-0.39, 0.29) is 17.8 Å². The van der Waals surface area contributed by atoms with E-state index < -0.39 is 0 Å². The van der Waals surface area contributed by atoms with Gasteiger partial charge in [0.05, 0.1) is 11.7 Å². The average molecular weight is 320 g/mol. The summed E-state index contributed by atoms with van der Waals surface area (Å²) in [6.45, 7) is 6.06. The van der Waals surface area contributed by atoms with E-state index in [1.54, 1.807) is 23.1 Å². The third kappa shape index (κ3) is 3.56. The molecule has 2 heterocycles. The zero-order chi connectivity index (χ0) is 16.2. The molecule has 0 radical (unpaired) electrons. The lowest BCUT2D eigenvalue weighted by atomic mass is 9.96. The van der Waals surface area contributed by atoms with Crippen LogP contribution in [0.5, 0.6) is 0 Å². The molecule has 1 amide bonds. The van der Waals surface area contributed by atoms with E-state index in [4.69, 9.17) is 4.74 Å². The molecule has 0 saturated carbocycles. The summed E-state index contributed by atoms with van der Waals surface area (Å²) in [5.41, 5.74) is 0.409. The van der Waals surface area contributed by atoms with Gasteiger partial charge in [0.2, 0.25) is 5.91 Å². The quantitative estimate of drug-likeness (QED) is 0.836. The predicted octanol–water partition coefficient (Wildman–Crippen LogP) is 2.68. The minimum atomic E-state index is -0.322. The van der Waals surface area contributed by atoms with Crippen LogP contribution in [0.2, 0.25) is 0 Å². The van der Waals surface area contributed by atoms with Crippen LogP contribution in [0.1, 0.15) is 26.2 Å². The molecule has 2 aliphatic heterocycles. The van der Waals surface area contributed by atoms with Gasteiger partial charge < -0.3 is 9.64 Å². The van der Waals surface area contributed by atoms with Crippen LogP contribution in [-0.4, -0.2) is 49.7 Å². The molecule has 23 heavy (non-hydrogen) atoms. The number of rotatable bonds is 5. The molecular formula is C18H25FN2O2. The molecular weight excluding hydrogens is 295 g/mol. The molecule has 5 heteroatoms. The summed E-state index contributed by atoms with van der Waals surface area (Å²) in [6, 6.07) is 6.43. The number of carbonyl (C=O) groups excluding carboxylic acids is 1. The van der Waals surface area contributed by atoms with E-state index in [2.05, 4.69) is 4.90 Å². The van der Waals surface area contributed by atoms with Crippen molar-refractivity contribution in [3.05, 3.63) is 30.1 Å². The van der Waals surface area contributed by atoms with Gasteiger partial charge in [-0.3, -0.25) is 9.69 Å². The highest BCUT2D eigenvalue weighted by atomic mass is 19.1. The molecule has 2 aliphatic rings. The Morgan fingerprint density at radius 3 is 2.61 bits per heavy atom. The first-order valence-corrected chi connectivity index (χ1v) is 8.58. The van der Waals surface area contributed by atoms with Crippen molar-refractivity contribution in [2.24, 2.45) is 5.92 Å². The monoisotopic (exact) mass is 320 g/mol. The van der Waals surface area contributed by atoms with Crippen LogP contribution in [-0.2, 0) is 9.53 Å². The normalized spacial score (nSPS) is 23.7. The number of halogens is 1. The van der Waals surface area contributed by atoms with Gasteiger partial charge in [0.1, 0.15) is 5.82 Å². The molecule has 0 aliphatic carbocycles. The van der Waals surface area contributed by atoms with E-state index in [0.29, 0.717) is 18.2 Å². The first kappa shape index (κ1) is 16.4. The summed E-state index contributed by atoms with van der Waals surface area (Å²) < 4.78 is 19.4. The Labute approximate surface area is 137 Å². The number of carbonyl (C=O) groups is 1. The Balaban J connectivity index is 1.59. The van der Waals surface area contributed by atoms with Crippen LogP contribution in [0.15, 0.2) is 24.3 Å². The SMILES string of the molecule is CCOCC1CCN([C@@H]2CCN(c3ccccc3F)C2=O)CC1. The summed E-state index contributed by atoms with van der Waals surface area (Å²) in [5.74, 6) is 0.320. The fraction of sp³-hybridized carbons (Fsp3) is 0.611. The van der Waals surface area contributed by atoms with Crippen LogP contribution in [0.4, 0.5) is 10.1 Å². The second-order valence-corrected chi connectivity index (χ2v) is 6.38. The van der Waals surface area contributed by atoms with Gasteiger partial charge in [-0.1, -0.05) is 12.1 Å². The van der Waals surface area contributed by atoms with Crippen molar-refractivity contribution in [2.75, 3.05) is 37.7 Å². The predicted molar refractivity (Wildman–Crippen MR) is 87.9 cm³/mol. The zero-order valence-electron chi connectivity index (χ0n) is 13.7. The molecule has 3 rings (SSSR count). The summed E-state index contributed by atoms with van der Waals surface area (Å²) in [4.78, 5) is 16.6. The van der Waals surface area contributed by atoms with E-state index >= 15 is 0 Å². The van der Waals surface area contributed by atoms with Gasteiger partial charge in [-0.2, -0.15) is 0 Å². The van der Waals surface area contributed by atoms with Crippen molar-refractivity contribution in [1.82, 2.24) is 4.90 Å². The van der Waals surface area contributed by atoms with Crippen LogP contribution in [0, 0.1) is 11.7 Å². The van der Waals surface area contributed by atoms with Gasteiger partial charge in [0.25, 0.3) is 0 Å². The highest BCUT2D eigenvalue weighted by Crippen LogP contribution is 2.29. The molecule has 2 fully saturated rings. The Hall–Kier alpha value is -1.46. The molecule has 1 aromatic carbocycles. The maximum Gasteiger partial charge on any atom is 0.244 e. The number of amides is 1. The van der Waals surface area contributed by atoms with Crippen molar-refractivity contribution in [2.45, 2.75) is 32.2 Å². The standard InChI is InChI=1S/C18H25FN2O2/c1-2-23-13-14-7-10-20(11-8-14)17-9-12-21(18(17)22)16-6-4-3-5-15(16)19/h3-6,14,17H,2,7-13H2,1H3/t17-/m1/s1. The Bertz CT molecular complexity index is 544. The number of para-hydroxylation sites is 1. The molecule has 2 saturated heterocycles. The summed E-state index contributed by atoms with van der Waals surface area (Å²) >= 11 is 0. The van der Waals surface area contributed by atoms with Crippen molar-refractivity contribution in [1.29, 1.82) is 0 Å². The lowest BCUT2D eigenvalue weighted by molar-refractivity contribution is -0.122. The Kier molecular flexibility index (Phi) is 5.28. The minimum absolute atomic E-state index is 0.0401. The number of benzene rings is 1. The number of hydrogen-bond acceptors (Lipinski definition) is 3. The first-order valence-electron chi connectivity index (χ1n) is 8.58. The second kappa shape index (κ2) is 7.41. The molecule has 0 aromatic heterocycles. The Morgan fingerprint density at radius 1 is 1.17 bits per heavy atom. The highest BCUT2D eigenvalue weighted by molar-refractivity contribution is 5.99. The van der Waals surface area contributed by atoms with Crippen molar-refractivity contribution < 1.29 is 13.9 Å². The summed E-state index contributed by atoms with van der Waals surface area (Å²) in [6.07, 6.45) is 2.93. The number of anilines is 1. The van der Waals surface area contributed by atoms with E-state index in [9.17, 15) is 9.18 Å². The second-order valence-electron chi connectivity index (χ2n) is 6.38. The topological polar surface area (TPSA) is 32.8 Å². The van der Waals surface area contributed by atoms with Crippen molar-refractivity contribution >= 4 is 11.6 Å². The number of hydrogen-bond donors (Lipinski definition) is 0. The van der Waals surface area contributed by atoms with Crippen molar-refractivity contribution in [3.63, 3.8) is 0 Å². The minimum Gasteiger partial charge on any atom is -0.381 e. The van der Waals surface area contributed by atoms with Gasteiger partial charge in [-0.05, 0) is 57.3 Å². The summed E-state index contributed by atoms with van der Waals surface area (Å²) in [7, 11) is 0. The van der Waals surface area contributed by atoms with Crippen molar-refractivity contribution in [3.8, 4) is 0 Å². The fourth-order valence-corrected chi connectivity index (χ4v) is 3.63. The number of ether oxygens (including phenoxy) is 1. The first-order chi connectivity index (χ1) is 11.2. The number of nitrogens with zero attached hydrogens (tertiary/aromatic N) is 2. The molecule has 126 valence electrons. The molecule has 1 atom stereocenters. The highest BCUT2D eigenvalue weighted by Gasteiger charge is 2.38. The van der Waals surface area contributed by atoms with E-state index in [0.717, 1.165) is 45.6 Å². The lowest BCUT2D eigenvalue weighted by Gasteiger charge is -2.35. The van der Waals surface area contributed by atoms with E-state index in [1.807, 2.05) is 6.92 Å². The molecule has 1 aromatic rings.